The molecule has 1 heterocycles. The number of rotatable bonds is 9. The Bertz CT molecular complexity index is 1480. The lowest BCUT2D eigenvalue weighted by molar-refractivity contribution is -0.127. The largest absolute Gasteiger partial charge is 0.493 e. The average Bonchev–Trinajstić information content (AvgIpc) is 3.61. The van der Waals surface area contributed by atoms with Crippen LogP contribution in [0.5, 0.6) is 11.5 Å². The van der Waals surface area contributed by atoms with Gasteiger partial charge in [0.15, 0.2) is 11.5 Å². The monoisotopic (exact) mass is 531 g/mol. The molecule has 4 aromatic rings. The van der Waals surface area contributed by atoms with Gasteiger partial charge in [-0.15, -0.1) is 5.10 Å². The molecule has 1 aromatic heterocycles. The van der Waals surface area contributed by atoms with E-state index < -0.39 is 23.7 Å². The van der Waals surface area contributed by atoms with E-state index in [0.717, 1.165) is 25.7 Å². The number of ether oxygens (including phenoxy) is 2. The molecule has 10 heteroatoms. The molecule has 5 rings (SSSR count). The van der Waals surface area contributed by atoms with Gasteiger partial charge in [-0.25, -0.2) is 9.07 Å². The summed E-state index contributed by atoms with van der Waals surface area (Å²) in [6, 6.07) is 16.9. The fourth-order valence-corrected chi connectivity index (χ4v) is 5.18. The van der Waals surface area contributed by atoms with Crippen LogP contribution < -0.4 is 19.7 Å². The van der Waals surface area contributed by atoms with E-state index >= 15 is 0 Å². The molecule has 1 aliphatic rings. The molecule has 1 N–H and O–H groups in total. The molecule has 3 aromatic carbocycles. The van der Waals surface area contributed by atoms with Crippen LogP contribution in [0.25, 0.3) is 11.0 Å². The summed E-state index contributed by atoms with van der Waals surface area (Å²) in [4.78, 5) is 29.5. The van der Waals surface area contributed by atoms with Crippen LogP contribution in [0.15, 0.2) is 66.7 Å². The van der Waals surface area contributed by atoms with E-state index in [0.29, 0.717) is 28.1 Å². The van der Waals surface area contributed by atoms with Gasteiger partial charge < -0.3 is 14.8 Å². The van der Waals surface area contributed by atoms with Gasteiger partial charge in [0, 0.05) is 17.3 Å². The number of halogens is 1. The van der Waals surface area contributed by atoms with Gasteiger partial charge in [0.2, 0.25) is 11.8 Å². The molecular formula is C29H30FN5O4. The maximum absolute atomic E-state index is 14.5. The van der Waals surface area contributed by atoms with E-state index in [1.54, 1.807) is 30.3 Å². The number of methoxy groups -OCH3 is 2. The summed E-state index contributed by atoms with van der Waals surface area (Å²) in [7, 11) is 2.98. The Morgan fingerprint density at radius 1 is 1.05 bits per heavy atom. The molecule has 0 spiro atoms. The third-order valence-corrected chi connectivity index (χ3v) is 7.00. The number of aromatic nitrogens is 3. The number of nitrogens with one attached hydrogen (secondary N) is 1. The lowest BCUT2D eigenvalue weighted by Crippen LogP contribution is -2.47. The highest BCUT2D eigenvalue weighted by Crippen LogP contribution is 2.39. The van der Waals surface area contributed by atoms with Crippen molar-refractivity contribution in [1.82, 2.24) is 20.3 Å². The van der Waals surface area contributed by atoms with Gasteiger partial charge in [-0.2, -0.15) is 0 Å². The van der Waals surface area contributed by atoms with Crippen molar-refractivity contribution in [3.8, 4) is 11.5 Å². The summed E-state index contributed by atoms with van der Waals surface area (Å²) in [5.74, 6) is -0.694. The number of para-hydroxylation sites is 2. The predicted molar refractivity (Wildman–Crippen MR) is 144 cm³/mol. The van der Waals surface area contributed by atoms with Crippen molar-refractivity contribution in [3.63, 3.8) is 0 Å². The van der Waals surface area contributed by atoms with Gasteiger partial charge >= 0.3 is 0 Å². The first kappa shape index (κ1) is 26.1. The molecule has 1 saturated carbocycles. The van der Waals surface area contributed by atoms with Crippen molar-refractivity contribution in [2.24, 2.45) is 0 Å². The van der Waals surface area contributed by atoms with Gasteiger partial charge in [-0.3, -0.25) is 14.5 Å². The molecule has 1 aliphatic carbocycles. The van der Waals surface area contributed by atoms with Gasteiger partial charge in [0.25, 0.3) is 0 Å². The molecule has 0 radical (unpaired) electrons. The zero-order chi connectivity index (χ0) is 27.4. The highest BCUT2D eigenvalue weighted by Gasteiger charge is 2.37. The Hall–Kier alpha value is -4.47. The summed E-state index contributed by atoms with van der Waals surface area (Å²) in [5.41, 5.74) is 1.93. The van der Waals surface area contributed by atoms with Gasteiger partial charge in [0.1, 0.15) is 23.9 Å². The Morgan fingerprint density at radius 2 is 1.82 bits per heavy atom. The predicted octanol–water partition coefficient (Wildman–Crippen LogP) is 4.42. The second-order valence-corrected chi connectivity index (χ2v) is 9.45. The van der Waals surface area contributed by atoms with Crippen LogP contribution in [0.2, 0.25) is 0 Å². The van der Waals surface area contributed by atoms with Crippen LogP contribution in [-0.4, -0.2) is 47.1 Å². The molecule has 1 fully saturated rings. The molecule has 0 bridgehead atoms. The smallest absolute Gasteiger partial charge is 0.249 e. The molecule has 0 saturated heterocycles. The number of fused-ring (bicyclic) bond motifs is 1. The molecule has 2 amide bonds. The van der Waals surface area contributed by atoms with Crippen LogP contribution in [-0.2, 0) is 16.1 Å². The first-order valence-corrected chi connectivity index (χ1v) is 12.9. The third-order valence-electron chi connectivity index (χ3n) is 7.00. The summed E-state index contributed by atoms with van der Waals surface area (Å²) >= 11 is 0. The van der Waals surface area contributed by atoms with Crippen molar-refractivity contribution in [2.75, 3.05) is 19.1 Å². The Balaban J connectivity index is 1.64. The Kier molecular flexibility index (Phi) is 7.72. The minimum atomic E-state index is -1.18. The van der Waals surface area contributed by atoms with Crippen LogP contribution in [0.4, 0.5) is 10.1 Å². The molecule has 39 heavy (non-hydrogen) atoms. The third kappa shape index (κ3) is 5.41. The standard InChI is InChI=1S/C29H30FN5O4/c1-38-25-16-8-13-22(28(25)39-2)27(29(37)31-20-10-3-4-11-20)35(21-12-7-9-19(30)17-21)26(36)18-34-24-15-6-5-14-23(24)32-33-34/h5-9,12-17,20,27H,3-4,10-11,18H2,1-2H3,(H,31,37). The van der Waals surface area contributed by atoms with E-state index in [-0.39, 0.29) is 18.3 Å². The first-order valence-electron chi connectivity index (χ1n) is 12.9. The van der Waals surface area contributed by atoms with E-state index in [2.05, 4.69) is 15.6 Å². The van der Waals surface area contributed by atoms with Gasteiger partial charge in [-0.05, 0) is 49.2 Å². The Morgan fingerprint density at radius 3 is 2.56 bits per heavy atom. The maximum atomic E-state index is 14.5. The topological polar surface area (TPSA) is 98.6 Å². The fraction of sp³-hybridized carbons (Fsp3) is 0.310. The van der Waals surface area contributed by atoms with Crippen LogP contribution in [0.1, 0.15) is 37.3 Å². The van der Waals surface area contributed by atoms with Crippen LogP contribution in [0.3, 0.4) is 0 Å². The number of carbonyl (C=O) groups excluding carboxylic acids is 2. The highest BCUT2D eigenvalue weighted by molar-refractivity contribution is 6.02. The zero-order valence-electron chi connectivity index (χ0n) is 21.8. The van der Waals surface area contributed by atoms with Crippen molar-refractivity contribution >= 4 is 28.5 Å². The normalized spacial score (nSPS) is 14.2. The quantitative estimate of drug-likeness (QED) is 0.343. The number of benzene rings is 3. The zero-order valence-corrected chi connectivity index (χ0v) is 21.8. The molecule has 9 nitrogen and oxygen atoms in total. The van der Waals surface area contributed by atoms with Gasteiger partial charge in [-0.1, -0.05) is 48.4 Å². The average molecular weight is 532 g/mol. The number of amides is 2. The minimum absolute atomic E-state index is 0.0136. The summed E-state index contributed by atoms with van der Waals surface area (Å²) in [6.45, 7) is -0.226. The van der Waals surface area contributed by atoms with E-state index in [9.17, 15) is 14.0 Å². The molecule has 1 atom stereocenters. The number of hydrogen-bond donors (Lipinski definition) is 1. The summed E-state index contributed by atoms with van der Waals surface area (Å²) in [6.07, 6.45) is 3.74. The van der Waals surface area contributed by atoms with Crippen LogP contribution >= 0.6 is 0 Å². The second-order valence-electron chi connectivity index (χ2n) is 9.45. The van der Waals surface area contributed by atoms with Crippen molar-refractivity contribution in [1.29, 1.82) is 0 Å². The van der Waals surface area contributed by atoms with E-state index in [1.165, 1.54) is 42.0 Å². The molecule has 1 unspecified atom stereocenters. The van der Waals surface area contributed by atoms with E-state index in [1.807, 2.05) is 18.2 Å². The van der Waals surface area contributed by atoms with Crippen molar-refractivity contribution in [2.45, 2.75) is 44.3 Å². The van der Waals surface area contributed by atoms with Gasteiger partial charge in [0.05, 0.1) is 19.7 Å². The maximum Gasteiger partial charge on any atom is 0.249 e. The lowest BCUT2D eigenvalue weighted by Gasteiger charge is -2.33. The summed E-state index contributed by atoms with van der Waals surface area (Å²) in [5, 5.41) is 11.4. The molecule has 202 valence electrons. The fourth-order valence-electron chi connectivity index (χ4n) is 5.18. The SMILES string of the molecule is COc1cccc(C(C(=O)NC2CCCC2)N(C(=O)Cn2nnc3ccccc32)c2cccc(F)c2)c1OC. The molecular weight excluding hydrogens is 501 g/mol. The number of nitrogens with zero attached hydrogens (tertiary/aromatic N) is 4. The molecule has 0 aliphatic heterocycles. The highest BCUT2D eigenvalue weighted by atomic mass is 19.1. The lowest BCUT2D eigenvalue weighted by atomic mass is 10.00. The van der Waals surface area contributed by atoms with Crippen molar-refractivity contribution < 1.29 is 23.5 Å². The number of anilines is 1. The number of carbonyl (C=O) groups is 2. The number of hydrogen-bond acceptors (Lipinski definition) is 6. The Labute approximate surface area is 225 Å². The van der Waals surface area contributed by atoms with Crippen LogP contribution in [0, 0.1) is 5.82 Å². The first-order chi connectivity index (χ1) is 19.0. The van der Waals surface area contributed by atoms with E-state index in [4.69, 9.17) is 9.47 Å². The van der Waals surface area contributed by atoms with Crippen molar-refractivity contribution in [3.05, 3.63) is 78.1 Å². The second kappa shape index (κ2) is 11.5. The summed E-state index contributed by atoms with van der Waals surface area (Å²) < 4.78 is 27.2. The minimum Gasteiger partial charge on any atom is -0.493 e.